The molecule has 0 bridgehead atoms. The normalized spacial score (nSPS) is 10.6. The van der Waals surface area contributed by atoms with E-state index in [0.717, 1.165) is 17.6 Å². The second-order valence-corrected chi connectivity index (χ2v) is 4.37. The number of amides is 1. The zero-order valence-corrected chi connectivity index (χ0v) is 11.3. The molecular formula is C13H15N3OS. The number of rotatable bonds is 5. The van der Waals surface area contributed by atoms with Gasteiger partial charge in [0.1, 0.15) is 5.69 Å². The first-order valence-electron chi connectivity index (χ1n) is 5.49. The summed E-state index contributed by atoms with van der Waals surface area (Å²) in [5.41, 5.74) is 6.95. The predicted molar refractivity (Wildman–Crippen MR) is 77.7 cm³/mol. The summed E-state index contributed by atoms with van der Waals surface area (Å²) >= 11 is 5.11. The highest BCUT2D eigenvalue weighted by atomic mass is 32.1. The number of nitrogens with two attached hydrogens (primary N) is 1. The number of aromatic nitrogens is 1. The zero-order valence-electron chi connectivity index (χ0n) is 10.4. The number of thiocarbonyl (C=S) groups is 1. The molecule has 1 aromatic rings. The predicted octanol–water partition coefficient (Wildman–Crippen LogP) is 2.59. The molecule has 4 nitrogen and oxygen atoms in total. The Bertz CT molecular complexity index is 535. The molecule has 0 aliphatic rings. The van der Waals surface area contributed by atoms with E-state index in [1.165, 1.54) is 0 Å². The van der Waals surface area contributed by atoms with E-state index in [4.69, 9.17) is 18.0 Å². The summed E-state index contributed by atoms with van der Waals surface area (Å²) in [6.45, 7) is 7.58. The molecule has 1 heterocycles. The highest BCUT2D eigenvalue weighted by Gasteiger charge is 2.09. The molecule has 0 fully saturated rings. The van der Waals surface area contributed by atoms with Gasteiger partial charge >= 0.3 is 0 Å². The SMILES string of the molecule is C=C(/C=N\c1nc(C(N)=O)ccc1C(C)=S)CC. The second-order valence-electron chi connectivity index (χ2n) is 3.76. The van der Waals surface area contributed by atoms with E-state index in [2.05, 4.69) is 16.6 Å². The fourth-order valence-corrected chi connectivity index (χ4v) is 1.36. The van der Waals surface area contributed by atoms with E-state index < -0.39 is 5.91 Å². The van der Waals surface area contributed by atoms with Crippen LogP contribution in [0.4, 0.5) is 5.82 Å². The molecule has 2 N–H and O–H groups in total. The van der Waals surface area contributed by atoms with Gasteiger partial charge in [0.25, 0.3) is 5.91 Å². The summed E-state index contributed by atoms with van der Waals surface area (Å²) in [5, 5.41) is 0. The second kappa shape index (κ2) is 6.16. The lowest BCUT2D eigenvalue weighted by Crippen LogP contribution is -2.13. The number of hydrogen-bond acceptors (Lipinski definition) is 4. The van der Waals surface area contributed by atoms with Crippen molar-refractivity contribution in [2.24, 2.45) is 10.7 Å². The first-order valence-corrected chi connectivity index (χ1v) is 5.90. The van der Waals surface area contributed by atoms with Gasteiger partial charge in [0.15, 0.2) is 5.82 Å². The van der Waals surface area contributed by atoms with Crippen LogP contribution in [0.1, 0.15) is 36.3 Å². The highest BCUT2D eigenvalue weighted by molar-refractivity contribution is 7.80. The van der Waals surface area contributed by atoms with Crippen molar-refractivity contribution in [3.8, 4) is 0 Å². The minimum Gasteiger partial charge on any atom is -0.364 e. The van der Waals surface area contributed by atoms with Crippen LogP contribution in [-0.2, 0) is 0 Å². The molecule has 0 saturated carbocycles. The van der Waals surface area contributed by atoms with Crippen LogP contribution < -0.4 is 5.73 Å². The monoisotopic (exact) mass is 261 g/mol. The molecule has 1 amide bonds. The van der Waals surface area contributed by atoms with E-state index >= 15 is 0 Å². The summed E-state index contributed by atoms with van der Waals surface area (Å²) in [6.07, 6.45) is 2.42. The third-order valence-corrected chi connectivity index (χ3v) is 2.55. The van der Waals surface area contributed by atoms with Crippen LogP contribution >= 0.6 is 12.2 Å². The Morgan fingerprint density at radius 1 is 1.61 bits per heavy atom. The van der Waals surface area contributed by atoms with Crippen molar-refractivity contribution in [1.82, 2.24) is 4.98 Å². The van der Waals surface area contributed by atoms with Crippen LogP contribution in [0.25, 0.3) is 0 Å². The van der Waals surface area contributed by atoms with Gasteiger partial charge in [-0.2, -0.15) is 0 Å². The Kier molecular flexibility index (Phi) is 4.85. The molecule has 18 heavy (non-hydrogen) atoms. The molecule has 1 aromatic heterocycles. The minimum absolute atomic E-state index is 0.171. The van der Waals surface area contributed by atoms with Gasteiger partial charge in [0.2, 0.25) is 0 Å². The van der Waals surface area contributed by atoms with Crippen molar-refractivity contribution < 1.29 is 4.79 Å². The van der Waals surface area contributed by atoms with Crippen molar-refractivity contribution in [3.63, 3.8) is 0 Å². The molecule has 5 heteroatoms. The summed E-state index contributed by atoms with van der Waals surface area (Å²) < 4.78 is 0. The molecule has 0 saturated heterocycles. The molecular weight excluding hydrogens is 246 g/mol. The van der Waals surface area contributed by atoms with Crippen molar-refractivity contribution in [3.05, 3.63) is 35.5 Å². The largest absolute Gasteiger partial charge is 0.364 e. The van der Waals surface area contributed by atoms with E-state index in [1.54, 1.807) is 25.3 Å². The van der Waals surface area contributed by atoms with Gasteiger partial charge in [0, 0.05) is 16.6 Å². The Hall–Kier alpha value is -1.88. The van der Waals surface area contributed by atoms with Crippen LogP contribution in [0.15, 0.2) is 29.3 Å². The number of nitrogens with zero attached hydrogens (tertiary/aromatic N) is 2. The summed E-state index contributed by atoms with van der Waals surface area (Å²) in [6, 6.07) is 3.25. The van der Waals surface area contributed by atoms with E-state index in [0.29, 0.717) is 10.7 Å². The minimum atomic E-state index is -0.589. The standard InChI is InChI=1S/C13H15N3OS/c1-4-8(2)7-15-13-10(9(3)18)5-6-11(16-13)12(14)17/h5-7H,2,4H2,1,3H3,(H2,14,17)/b15-7-. The van der Waals surface area contributed by atoms with Crippen LogP contribution in [-0.4, -0.2) is 22.0 Å². The summed E-state index contributed by atoms with van der Waals surface area (Å²) in [5.74, 6) is -0.192. The molecule has 0 radical (unpaired) electrons. The number of primary amides is 1. The van der Waals surface area contributed by atoms with Crippen molar-refractivity contribution in [2.75, 3.05) is 0 Å². The number of hydrogen-bond donors (Lipinski definition) is 1. The number of allylic oxidation sites excluding steroid dienone is 1. The van der Waals surface area contributed by atoms with Crippen LogP contribution in [0.5, 0.6) is 0 Å². The molecule has 0 spiro atoms. The highest BCUT2D eigenvalue weighted by Crippen LogP contribution is 2.18. The molecule has 0 aliphatic heterocycles. The molecule has 0 unspecified atom stereocenters. The van der Waals surface area contributed by atoms with Crippen LogP contribution in [0.3, 0.4) is 0 Å². The fourth-order valence-electron chi connectivity index (χ4n) is 1.20. The van der Waals surface area contributed by atoms with Gasteiger partial charge < -0.3 is 5.73 Å². The average Bonchev–Trinajstić information content (AvgIpc) is 2.35. The van der Waals surface area contributed by atoms with Crippen molar-refractivity contribution >= 4 is 35.0 Å². The molecule has 0 aliphatic carbocycles. The number of carbonyl (C=O) groups excluding carboxylic acids is 1. The maximum atomic E-state index is 11.1. The maximum Gasteiger partial charge on any atom is 0.267 e. The smallest absolute Gasteiger partial charge is 0.267 e. The number of aliphatic imine (C=N–C) groups is 1. The van der Waals surface area contributed by atoms with Gasteiger partial charge in [-0.15, -0.1) is 0 Å². The molecule has 0 atom stereocenters. The fraction of sp³-hybridized carbons (Fsp3) is 0.231. The van der Waals surface area contributed by atoms with Crippen molar-refractivity contribution in [2.45, 2.75) is 20.3 Å². The topological polar surface area (TPSA) is 68.3 Å². The van der Waals surface area contributed by atoms with Crippen molar-refractivity contribution in [1.29, 1.82) is 0 Å². The van der Waals surface area contributed by atoms with Gasteiger partial charge in [-0.3, -0.25) is 4.79 Å². The molecule has 0 aromatic carbocycles. The van der Waals surface area contributed by atoms with Crippen LogP contribution in [0.2, 0.25) is 0 Å². The van der Waals surface area contributed by atoms with Gasteiger partial charge in [-0.05, 0) is 31.1 Å². The lowest BCUT2D eigenvalue weighted by Gasteiger charge is -2.04. The first kappa shape index (κ1) is 14.2. The van der Waals surface area contributed by atoms with E-state index in [-0.39, 0.29) is 5.69 Å². The van der Waals surface area contributed by atoms with E-state index in [1.807, 2.05) is 6.92 Å². The quantitative estimate of drug-likeness (QED) is 0.503. The third kappa shape index (κ3) is 3.56. The Balaban J connectivity index is 3.23. The first-order chi connectivity index (χ1) is 8.45. The number of pyridine rings is 1. The Morgan fingerprint density at radius 3 is 2.78 bits per heavy atom. The lowest BCUT2D eigenvalue weighted by atomic mass is 10.2. The summed E-state index contributed by atoms with van der Waals surface area (Å²) in [7, 11) is 0. The number of carbonyl (C=O) groups is 1. The van der Waals surface area contributed by atoms with E-state index in [9.17, 15) is 4.79 Å². The zero-order chi connectivity index (χ0) is 13.7. The average molecular weight is 261 g/mol. The summed E-state index contributed by atoms with van der Waals surface area (Å²) in [4.78, 5) is 20.1. The molecule has 94 valence electrons. The van der Waals surface area contributed by atoms with Gasteiger partial charge in [-0.25, -0.2) is 9.98 Å². The molecule has 1 rings (SSSR count). The Labute approximate surface area is 112 Å². The maximum absolute atomic E-state index is 11.1. The van der Waals surface area contributed by atoms with Crippen LogP contribution in [0, 0.1) is 0 Å². The lowest BCUT2D eigenvalue weighted by molar-refractivity contribution is 0.0995. The van der Waals surface area contributed by atoms with Gasteiger partial charge in [0.05, 0.1) is 0 Å². The third-order valence-electron chi connectivity index (χ3n) is 2.33. The van der Waals surface area contributed by atoms with Gasteiger partial charge in [-0.1, -0.05) is 25.7 Å². The Morgan fingerprint density at radius 2 is 2.28 bits per heavy atom.